The Bertz CT molecular complexity index is 409. The number of anilines is 1. The number of nitrogens with one attached hydrogen (secondary N) is 1. The molecule has 1 atom stereocenters. The Kier molecular flexibility index (Phi) is 6.33. The van der Waals surface area contributed by atoms with Gasteiger partial charge in [-0.05, 0) is 30.4 Å². The van der Waals surface area contributed by atoms with Crippen LogP contribution in [-0.4, -0.2) is 17.5 Å². The summed E-state index contributed by atoms with van der Waals surface area (Å²) in [6.07, 6.45) is -3.25. The first kappa shape index (κ1) is 16.5. The van der Waals surface area contributed by atoms with Crippen LogP contribution in [0, 0.1) is 0 Å². The number of hydrogen-bond acceptors (Lipinski definition) is 2. The third kappa shape index (κ3) is 5.53. The van der Waals surface area contributed by atoms with Crippen molar-refractivity contribution >= 4 is 29.1 Å². The van der Waals surface area contributed by atoms with Crippen molar-refractivity contribution in [2.45, 2.75) is 31.7 Å². The molecule has 0 bridgehead atoms. The maximum atomic E-state index is 12.5. The Morgan fingerprint density at radius 2 is 2.05 bits per heavy atom. The molecule has 1 aromatic rings. The van der Waals surface area contributed by atoms with Crippen LogP contribution in [0.1, 0.15) is 25.8 Å². The van der Waals surface area contributed by atoms with E-state index >= 15 is 0 Å². The molecule has 1 rings (SSSR count). The third-order valence-corrected chi connectivity index (χ3v) is 4.18. The normalized spacial score (nSPS) is 13.4. The van der Waals surface area contributed by atoms with Crippen molar-refractivity contribution in [3.8, 4) is 0 Å². The van der Waals surface area contributed by atoms with Gasteiger partial charge in [-0.3, -0.25) is 0 Å². The summed E-state index contributed by atoms with van der Waals surface area (Å²) in [5.41, 5.74) is -0.185. The van der Waals surface area contributed by atoms with Crippen molar-refractivity contribution in [2.24, 2.45) is 0 Å². The van der Waals surface area contributed by atoms with Crippen LogP contribution >= 0.6 is 23.4 Å². The second kappa shape index (κ2) is 7.29. The molecular formula is C13H17ClF3NS. The van der Waals surface area contributed by atoms with Gasteiger partial charge in [0.25, 0.3) is 0 Å². The molecule has 0 saturated heterocycles. The Hall–Kier alpha value is -0.550. The van der Waals surface area contributed by atoms with Gasteiger partial charge in [0.15, 0.2) is 0 Å². The largest absolute Gasteiger partial charge is 0.416 e. The quantitative estimate of drug-likeness (QED) is 0.765. The van der Waals surface area contributed by atoms with E-state index in [1.807, 2.05) is 11.8 Å². The summed E-state index contributed by atoms with van der Waals surface area (Å²) in [7, 11) is 0. The number of alkyl halides is 3. The lowest BCUT2D eigenvalue weighted by molar-refractivity contribution is -0.137. The summed E-state index contributed by atoms with van der Waals surface area (Å²) in [6.45, 7) is 4.86. The fraction of sp³-hybridized carbons (Fsp3) is 0.538. The van der Waals surface area contributed by atoms with Gasteiger partial charge >= 0.3 is 6.18 Å². The van der Waals surface area contributed by atoms with Gasteiger partial charge < -0.3 is 5.32 Å². The summed E-state index contributed by atoms with van der Waals surface area (Å²) in [5.74, 6) is 1.07. The van der Waals surface area contributed by atoms with Crippen molar-refractivity contribution in [3.63, 3.8) is 0 Å². The standard InChI is InChI=1S/C13H17ClF3NS/c1-3-6-19-9(2)8-18-12-5-4-10(7-11(12)14)13(15,16)17/h4-5,7,9,18H,3,6,8H2,1-2H3. The molecule has 0 aliphatic rings. The van der Waals surface area contributed by atoms with Crippen LogP contribution in [-0.2, 0) is 6.18 Å². The molecule has 0 amide bonds. The van der Waals surface area contributed by atoms with E-state index in [9.17, 15) is 13.2 Å². The predicted molar refractivity (Wildman–Crippen MR) is 77.2 cm³/mol. The zero-order chi connectivity index (χ0) is 14.5. The highest BCUT2D eigenvalue weighted by Gasteiger charge is 2.30. The van der Waals surface area contributed by atoms with E-state index in [0.29, 0.717) is 17.5 Å². The van der Waals surface area contributed by atoms with Gasteiger partial charge in [0, 0.05) is 11.8 Å². The monoisotopic (exact) mass is 311 g/mol. The molecule has 1 unspecified atom stereocenters. The number of rotatable bonds is 6. The van der Waals surface area contributed by atoms with Crippen LogP contribution in [0.3, 0.4) is 0 Å². The van der Waals surface area contributed by atoms with Crippen molar-refractivity contribution in [1.82, 2.24) is 0 Å². The second-order valence-electron chi connectivity index (χ2n) is 4.25. The lowest BCUT2D eigenvalue weighted by Gasteiger charge is -2.15. The third-order valence-electron chi connectivity index (χ3n) is 2.48. The molecule has 0 heterocycles. The topological polar surface area (TPSA) is 12.0 Å². The molecule has 6 heteroatoms. The van der Waals surface area contributed by atoms with Crippen LogP contribution in [0.2, 0.25) is 5.02 Å². The highest BCUT2D eigenvalue weighted by atomic mass is 35.5. The molecule has 108 valence electrons. The molecule has 0 radical (unpaired) electrons. The molecule has 19 heavy (non-hydrogen) atoms. The van der Waals surface area contributed by atoms with Crippen LogP contribution in [0.5, 0.6) is 0 Å². The van der Waals surface area contributed by atoms with Gasteiger partial charge in [-0.15, -0.1) is 0 Å². The number of thioether (sulfide) groups is 1. The van der Waals surface area contributed by atoms with Crippen LogP contribution in [0.15, 0.2) is 18.2 Å². The molecule has 0 saturated carbocycles. The van der Waals surface area contributed by atoms with Crippen molar-refractivity contribution in [1.29, 1.82) is 0 Å². The molecule has 1 N–H and O–H groups in total. The van der Waals surface area contributed by atoms with Crippen molar-refractivity contribution in [3.05, 3.63) is 28.8 Å². The highest BCUT2D eigenvalue weighted by Crippen LogP contribution is 2.33. The number of hydrogen-bond donors (Lipinski definition) is 1. The van der Waals surface area contributed by atoms with Gasteiger partial charge in [0.2, 0.25) is 0 Å². The maximum Gasteiger partial charge on any atom is 0.416 e. The molecule has 0 fully saturated rings. The van der Waals surface area contributed by atoms with Gasteiger partial charge in [-0.2, -0.15) is 24.9 Å². The summed E-state index contributed by atoms with van der Waals surface area (Å²) >= 11 is 7.68. The first-order valence-electron chi connectivity index (χ1n) is 6.06. The fourth-order valence-corrected chi connectivity index (χ4v) is 2.55. The maximum absolute atomic E-state index is 12.5. The molecule has 0 aliphatic heterocycles. The Morgan fingerprint density at radius 1 is 1.37 bits per heavy atom. The van der Waals surface area contributed by atoms with Crippen LogP contribution < -0.4 is 5.32 Å². The molecular weight excluding hydrogens is 295 g/mol. The van der Waals surface area contributed by atoms with E-state index < -0.39 is 11.7 Å². The summed E-state index contributed by atoms with van der Waals surface area (Å²) in [4.78, 5) is 0. The molecule has 0 aliphatic carbocycles. The van der Waals surface area contributed by atoms with Crippen LogP contribution in [0.25, 0.3) is 0 Å². The first-order chi connectivity index (χ1) is 8.84. The van der Waals surface area contributed by atoms with E-state index in [2.05, 4.69) is 19.2 Å². The van der Waals surface area contributed by atoms with Gasteiger partial charge in [0.1, 0.15) is 0 Å². The van der Waals surface area contributed by atoms with E-state index in [-0.39, 0.29) is 5.02 Å². The van der Waals surface area contributed by atoms with Gasteiger partial charge in [-0.25, -0.2) is 0 Å². The lowest BCUT2D eigenvalue weighted by Crippen LogP contribution is -2.14. The zero-order valence-corrected chi connectivity index (χ0v) is 12.4. The Balaban J connectivity index is 2.60. The smallest absolute Gasteiger partial charge is 0.383 e. The molecule has 1 nitrogen and oxygen atoms in total. The summed E-state index contributed by atoms with van der Waals surface area (Å²) in [5, 5.41) is 3.57. The fourth-order valence-electron chi connectivity index (χ4n) is 1.47. The van der Waals surface area contributed by atoms with Crippen molar-refractivity contribution < 1.29 is 13.2 Å². The summed E-state index contributed by atoms with van der Waals surface area (Å²) < 4.78 is 37.4. The zero-order valence-electron chi connectivity index (χ0n) is 10.9. The van der Waals surface area contributed by atoms with E-state index in [4.69, 9.17) is 11.6 Å². The van der Waals surface area contributed by atoms with E-state index in [0.717, 1.165) is 24.3 Å². The minimum atomic E-state index is -4.35. The first-order valence-corrected chi connectivity index (χ1v) is 7.49. The van der Waals surface area contributed by atoms with Gasteiger partial charge in [0.05, 0.1) is 16.3 Å². The average molecular weight is 312 g/mol. The highest BCUT2D eigenvalue weighted by molar-refractivity contribution is 7.99. The minimum Gasteiger partial charge on any atom is -0.383 e. The average Bonchev–Trinajstić information content (AvgIpc) is 2.33. The van der Waals surface area contributed by atoms with Crippen molar-refractivity contribution in [2.75, 3.05) is 17.6 Å². The van der Waals surface area contributed by atoms with Gasteiger partial charge in [-0.1, -0.05) is 25.4 Å². The Labute approximate surface area is 120 Å². The molecule has 1 aromatic carbocycles. The predicted octanol–water partition coefficient (Wildman–Crippen LogP) is 5.30. The minimum absolute atomic E-state index is 0.0996. The lowest BCUT2D eigenvalue weighted by atomic mass is 10.2. The number of halogens is 4. The van der Waals surface area contributed by atoms with E-state index in [1.165, 1.54) is 6.07 Å². The SMILES string of the molecule is CCCSC(C)CNc1ccc(C(F)(F)F)cc1Cl. The second-order valence-corrected chi connectivity index (χ2v) is 6.21. The number of benzene rings is 1. The van der Waals surface area contributed by atoms with E-state index in [1.54, 1.807) is 0 Å². The molecule has 0 aromatic heterocycles. The van der Waals surface area contributed by atoms with Crippen LogP contribution in [0.4, 0.5) is 18.9 Å². The summed E-state index contributed by atoms with van der Waals surface area (Å²) in [6, 6.07) is 3.37. The molecule has 0 spiro atoms. The Morgan fingerprint density at radius 3 is 2.58 bits per heavy atom.